The van der Waals surface area contributed by atoms with Gasteiger partial charge in [-0.2, -0.15) is 0 Å². The van der Waals surface area contributed by atoms with Crippen LogP contribution in [0.2, 0.25) is 0 Å². The third-order valence-electron chi connectivity index (χ3n) is 4.16. The van der Waals surface area contributed by atoms with E-state index in [9.17, 15) is 14.8 Å². The number of benzene rings is 2. The molecule has 4 N–H and O–H groups in total. The highest BCUT2D eigenvalue weighted by molar-refractivity contribution is 7.13. The molecular weight excluding hydrogens is 402 g/mol. The van der Waals surface area contributed by atoms with Crippen LogP contribution in [-0.4, -0.2) is 34.1 Å². The molecule has 1 aromatic heterocycles. The Morgan fingerprint density at radius 3 is 2.67 bits per heavy atom. The second-order valence-corrected chi connectivity index (χ2v) is 7.29. The van der Waals surface area contributed by atoms with Gasteiger partial charge in [0.2, 0.25) is 5.91 Å². The van der Waals surface area contributed by atoms with Crippen molar-refractivity contribution in [3.8, 4) is 0 Å². The Morgan fingerprint density at radius 1 is 1.30 bits per heavy atom. The molecule has 1 atom stereocenters. The second-order valence-electron chi connectivity index (χ2n) is 6.40. The number of nitrogen functional groups attached to an aromatic ring is 1. The van der Waals surface area contributed by atoms with Crippen molar-refractivity contribution in [2.24, 2.45) is 5.29 Å². The summed E-state index contributed by atoms with van der Waals surface area (Å²) in [6, 6.07) is 4.23. The highest BCUT2D eigenvalue weighted by Gasteiger charge is 2.13. The number of hydrogen-bond acceptors (Lipinski definition) is 7. The number of nitrogens with two attached hydrogens (primary N) is 1. The maximum Gasteiger partial charge on any atom is 0.230 e. The van der Waals surface area contributed by atoms with Crippen LogP contribution in [0, 0.1) is 4.91 Å². The van der Waals surface area contributed by atoms with Crippen LogP contribution in [0.5, 0.6) is 0 Å². The molecule has 1 heterocycles. The molecule has 0 saturated heterocycles. The third kappa shape index (κ3) is 6.36. The average molecular weight is 431 g/mol. The average Bonchev–Trinajstić information content (AvgIpc) is 3.24. The SMILES string of the molecule is [2H]c1c([2H])c([2H])c(C(O)CN(CCc2ccc(NC(=O)Cc3csc(N)n3)cc2)N=O)c([2H])c1[2H]. The van der Waals surface area contributed by atoms with Crippen molar-refractivity contribution in [3.63, 3.8) is 0 Å². The van der Waals surface area contributed by atoms with Crippen molar-refractivity contribution in [2.75, 3.05) is 24.1 Å². The van der Waals surface area contributed by atoms with E-state index in [1.165, 1.54) is 11.3 Å². The number of aliphatic hydroxyl groups excluding tert-OH is 1. The van der Waals surface area contributed by atoms with Crippen LogP contribution in [0.1, 0.15) is 29.8 Å². The summed E-state index contributed by atoms with van der Waals surface area (Å²) in [4.78, 5) is 27.5. The highest BCUT2D eigenvalue weighted by atomic mass is 32.1. The van der Waals surface area contributed by atoms with Crippen molar-refractivity contribution in [2.45, 2.75) is 18.9 Å². The second kappa shape index (κ2) is 10.5. The zero-order chi connectivity index (χ0) is 25.7. The lowest BCUT2D eigenvalue weighted by molar-refractivity contribution is -0.115. The topological polar surface area (TPSA) is 121 Å². The predicted octanol–water partition coefficient (Wildman–Crippen LogP) is 3.17. The molecule has 3 rings (SSSR count). The number of thiazole rings is 1. The maximum absolute atomic E-state index is 12.1. The van der Waals surface area contributed by atoms with Gasteiger partial charge in [0.25, 0.3) is 0 Å². The van der Waals surface area contributed by atoms with E-state index in [0.29, 0.717) is 22.9 Å². The first-order valence-corrected chi connectivity index (χ1v) is 9.90. The van der Waals surface area contributed by atoms with Crippen molar-refractivity contribution in [3.05, 3.63) is 81.6 Å². The Balaban J connectivity index is 1.56. The molecule has 1 amide bonds. The van der Waals surface area contributed by atoms with E-state index in [-0.39, 0.29) is 31.0 Å². The Kier molecular flexibility index (Phi) is 5.42. The lowest BCUT2D eigenvalue weighted by Crippen LogP contribution is -2.25. The fourth-order valence-corrected chi connectivity index (χ4v) is 3.23. The Bertz CT molecular complexity index is 1200. The number of rotatable bonds is 10. The van der Waals surface area contributed by atoms with Crippen LogP contribution in [0.3, 0.4) is 0 Å². The minimum atomic E-state index is -1.51. The minimum Gasteiger partial charge on any atom is -0.386 e. The van der Waals surface area contributed by atoms with Crippen LogP contribution >= 0.6 is 11.3 Å². The first-order chi connectivity index (χ1) is 16.6. The van der Waals surface area contributed by atoms with Crippen LogP contribution in [0.15, 0.2) is 65.1 Å². The third-order valence-corrected chi connectivity index (χ3v) is 4.88. The fourth-order valence-electron chi connectivity index (χ4n) is 2.67. The number of hydrogen-bond donors (Lipinski definition) is 3. The van der Waals surface area contributed by atoms with Gasteiger partial charge in [-0.15, -0.1) is 16.2 Å². The van der Waals surface area contributed by atoms with Crippen molar-refractivity contribution in [1.29, 1.82) is 0 Å². The van der Waals surface area contributed by atoms with Gasteiger partial charge in [0.15, 0.2) is 5.13 Å². The molecule has 156 valence electrons. The lowest BCUT2D eigenvalue weighted by atomic mass is 10.1. The summed E-state index contributed by atoms with van der Waals surface area (Å²) in [6.07, 6.45) is -1.02. The van der Waals surface area contributed by atoms with E-state index >= 15 is 0 Å². The van der Waals surface area contributed by atoms with Gasteiger partial charge in [-0.05, 0) is 29.7 Å². The molecular formula is C21H23N5O3S. The first-order valence-electron chi connectivity index (χ1n) is 11.5. The van der Waals surface area contributed by atoms with E-state index in [2.05, 4.69) is 15.6 Å². The van der Waals surface area contributed by atoms with Crippen LogP contribution in [-0.2, 0) is 17.6 Å². The number of aromatic nitrogens is 1. The largest absolute Gasteiger partial charge is 0.386 e. The monoisotopic (exact) mass is 430 g/mol. The normalized spacial score (nSPS) is 14.0. The van der Waals surface area contributed by atoms with Crippen LogP contribution < -0.4 is 11.1 Å². The number of amides is 1. The number of carbonyl (C=O) groups is 1. The summed E-state index contributed by atoms with van der Waals surface area (Å²) >= 11 is 1.26. The summed E-state index contributed by atoms with van der Waals surface area (Å²) in [7, 11) is 0. The summed E-state index contributed by atoms with van der Waals surface area (Å²) in [5.74, 6) is -0.235. The Morgan fingerprint density at radius 2 is 2.03 bits per heavy atom. The summed E-state index contributed by atoms with van der Waals surface area (Å²) in [5.41, 5.74) is 7.29. The molecule has 2 aromatic carbocycles. The number of anilines is 2. The van der Waals surface area contributed by atoms with Gasteiger partial charge in [0.05, 0.1) is 36.9 Å². The molecule has 0 bridgehead atoms. The van der Waals surface area contributed by atoms with Crippen molar-refractivity contribution < 1.29 is 16.8 Å². The number of nitrogens with one attached hydrogen (secondary N) is 1. The van der Waals surface area contributed by atoms with Crippen molar-refractivity contribution >= 4 is 28.1 Å². The summed E-state index contributed by atoms with van der Waals surface area (Å²) in [5, 5.41) is 19.3. The van der Waals surface area contributed by atoms with Gasteiger partial charge >= 0.3 is 0 Å². The number of nitrogens with zero attached hydrogens (tertiary/aromatic N) is 3. The van der Waals surface area contributed by atoms with Crippen LogP contribution in [0.25, 0.3) is 0 Å². The number of carbonyl (C=O) groups excluding carboxylic acids is 1. The Labute approximate surface area is 185 Å². The number of aliphatic hydroxyl groups is 1. The zero-order valence-electron chi connectivity index (χ0n) is 20.9. The molecule has 9 heteroatoms. The fraction of sp³-hybridized carbons (Fsp3) is 0.238. The van der Waals surface area contributed by atoms with Gasteiger partial charge < -0.3 is 16.2 Å². The minimum absolute atomic E-state index is 0.103. The molecule has 0 aliphatic carbocycles. The van der Waals surface area contributed by atoms with Gasteiger partial charge in [0, 0.05) is 17.6 Å². The van der Waals surface area contributed by atoms with Gasteiger partial charge in [-0.25, -0.2) is 4.98 Å². The molecule has 0 radical (unpaired) electrons. The first kappa shape index (κ1) is 15.5. The van der Waals surface area contributed by atoms with E-state index < -0.39 is 36.3 Å². The van der Waals surface area contributed by atoms with E-state index in [4.69, 9.17) is 12.6 Å². The van der Waals surface area contributed by atoms with Gasteiger partial charge in [-0.1, -0.05) is 42.3 Å². The molecule has 3 aromatic rings. The molecule has 0 fully saturated rings. The highest BCUT2D eigenvalue weighted by Crippen LogP contribution is 2.16. The van der Waals surface area contributed by atoms with Gasteiger partial charge in [0.1, 0.15) is 0 Å². The Hall–Kier alpha value is -3.30. The summed E-state index contributed by atoms with van der Waals surface area (Å²) < 4.78 is 38.9. The molecule has 0 aliphatic rings. The predicted molar refractivity (Wildman–Crippen MR) is 118 cm³/mol. The van der Waals surface area contributed by atoms with E-state index in [0.717, 1.165) is 10.6 Å². The van der Waals surface area contributed by atoms with E-state index in [1.807, 2.05) is 0 Å². The standard InChI is InChI=1S/C21H23N5O3S/c22-21-24-18(14-30-21)12-20(28)23-17-8-6-15(7-9-17)10-11-26(25-29)13-19(27)16-4-2-1-3-5-16/h1-9,14,19,27H,10-13H2,(H2,22,24)(H,23,28)/i1D,2D,3D,4D,5D. The number of nitroso groups, excluding NO2 is 1. The molecule has 8 nitrogen and oxygen atoms in total. The quantitative estimate of drug-likeness (QED) is 0.336. The zero-order valence-corrected chi connectivity index (χ0v) is 16.7. The van der Waals surface area contributed by atoms with E-state index in [1.54, 1.807) is 29.6 Å². The van der Waals surface area contributed by atoms with Gasteiger partial charge in [-0.3, -0.25) is 9.80 Å². The summed E-state index contributed by atoms with van der Waals surface area (Å²) in [6.45, 7) is -0.219. The van der Waals surface area contributed by atoms with Crippen molar-refractivity contribution in [1.82, 2.24) is 9.99 Å². The molecule has 1 unspecified atom stereocenters. The molecule has 0 aliphatic heterocycles. The molecule has 0 spiro atoms. The smallest absolute Gasteiger partial charge is 0.230 e. The van der Waals surface area contributed by atoms with Crippen LogP contribution in [0.4, 0.5) is 10.8 Å². The molecule has 30 heavy (non-hydrogen) atoms. The maximum atomic E-state index is 12.1. The molecule has 0 saturated carbocycles. The lowest BCUT2D eigenvalue weighted by Gasteiger charge is -2.19.